The van der Waals surface area contributed by atoms with E-state index in [1.165, 1.54) is 18.5 Å². The molecule has 3 heterocycles. The third kappa shape index (κ3) is 4.59. The molecule has 0 unspecified atom stereocenters. The molecular formula is C26H30FN5O3. The van der Waals surface area contributed by atoms with Crippen LogP contribution in [0.1, 0.15) is 55.6 Å². The molecule has 2 aliphatic rings. The number of carbonyl (C=O) groups is 2. The Morgan fingerprint density at radius 1 is 1.29 bits per heavy atom. The molecule has 3 aromatic rings. The number of aromatic nitrogens is 3. The van der Waals surface area contributed by atoms with E-state index in [1.54, 1.807) is 13.0 Å². The highest BCUT2D eigenvalue weighted by molar-refractivity contribution is 6.09. The number of hydrogen-bond acceptors (Lipinski definition) is 5. The molecule has 0 radical (unpaired) electrons. The van der Waals surface area contributed by atoms with E-state index in [4.69, 9.17) is 4.74 Å². The summed E-state index contributed by atoms with van der Waals surface area (Å²) in [5, 5.41) is 3.08. The first-order chi connectivity index (χ1) is 16.9. The number of aryl methyl sites for hydroxylation is 1. The first kappa shape index (κ1) is 23.3. The van der Waals surface area contributed by atoms with Crippen LogP contribution in [-0.4, -0.2) is 56.9 Å². The van der Waals surface area contributed by atoms with Gasteiger partial charge in [0.15, 0.2) is 0 Å². The summed E-state index contributed by atoms with van der Waals surface area (Å²) in [7, 11) is 0. The second-order valence-corrected chi connectivity index (χ2v) is 9.62. The molecule has 1 saturated heterocycles. The third-order valence-corrected chi connectivity index (χ3v) is 6.90. The van der Waals surface area contributed by atoms with Gasteiger partial charge in [-0.2, -0.15) is 0 Å². The first-order valence-electron chi connectivity index (χ1n) is 12.2. The number of nitrogens with one attached hydrogen (secondary N) is 2. The summed E-state index contributed by atoms with van der Waals surface area (Å²) < 4.78 is 20.2. The number of rotatable bonds is 7. The van der Waals surface area contributed by atoms with Crippen molar-refractivity contribution in [3.05, 3.63) is 41.6 Å². The van der Waals surface area contributed by atoms with Crippen molar-refractivity contribution < 1.29 is 18.7 Å². The van der Waals surface area contributed by atoms with Crippen LogP contribution in [0.2, 0.25) is 0 Å². The molecule has 0 spiro atoms. The summed E-state index contributed by atoms with van der Waals surface area (Å²) >= 11 is 0. The van der Waals surface area contributed by atoms with Gasteiger partial charge >= 0.3 is 0 Å². The van der Waals surface area contributed by atoms with Gasteiger partial charge < -0.3 is 19.9 Å². The number of amides is 2. The van der Waals surface area contributed by atoms with Gasteiger partial charge in [-0.1, -0.05) is 6.92 Å². The van der Waals surface area contributed by atoms with Gasteiger partial charge in [0.25, 0.3) is 5.91 Å². The second-order valence-electron chi connectivity index (χ2n) is 9.62. The van der Waals surface area contributed by atoms with E-state index in [9.17, 15) is 14.0 Å². The maximum atomic E-state index is 14.2. The molecule has 2 amide bonds. The van der Waals surface area contributed by atoms with E-state index >= 15 is 0 Å². The molecule has 5 rings (SSSR count). The van der Waals surface area contributed by atoms with Crippen molar-refractivity contribution in [2.45, 2.75) is 58.5 Å². The van der Waals surface area contributed by atoms with Gasteiger partial charge in [-0.05, 0) is 57.2 Å². The lowest BCUT2D eigenvalue weighted by Gasteiger charge is -2.20. The van der Waals surface area contributed by atoms with Crippen LogP contribution in [0, 0.1) is 18.7 Å². The van der Waals surface area contributed by atoms with Gasteiger partial charge in [0.05, 0.1) is 17.7 Å². The van der Waals surface area contributed by atoms with Crippen LogP contribution in [0.5, 0.6) is 5.75 Å². The predicted molar refractivity (Wildman–Crippen MR) is 130 cm³/mol. The van der Waals surface area contributed by atoms with E-state index in [-0.39, 0.29) is 23.9 Å². The number of H-pyrrole nitrogens is 1. The van der Waals surface area contributed by atoms with E-state index in [2.05, 4.69) is 20.3 Å². The third-order valence-electron chi connectivity index (χ3n) is 6.90. The maximum Gasteiger partial charge on any atom is 0.255 e. The van der Waals surface area contributed by atoms with Gasteiger partial charge in [0.2, 0.25) is 5.91 Å². The highest BCUT2D eigenvalue weighted by atomic mass is 19.1. The van der Waals surface area contributed by atoms with E-state index in [0.29, 0.717) is 71.2 Å². The Hall–Kier alpha value is -3.49. The summed E-state index contributed by atoms with van der Waals surface area (Å²) in [6.45, 7) is 6.72. The van der Waals surface area contributed by atoms with Crippen molar-refractivity contribution in [2.75, 3.05) is 13.2 Å². The van der Waals surface area contributed by atoms with Gasteiger partial charge in [0.1, 0.15) is 29.1 Å². The average Bonchev–Trinajstić information content (AvgIpc) is 3.50. The summed E-state index contributed by atoms with van der Waals surface area (Å²) in [6, 6.07) is 4.34. The predicted octanol–water partition coefficient (Wildman–Crippen LogP) is 3.99. The molecule has 2 fully saturated rings. The lowest BCUT2D eigenvalue weighted by molar-refractivity contribution is -0.131. The monoisotopic (exact) mass is 479 g/mol. The van der Waals surface area contributed by atoms with Crippen LogP contribution < -0.4 is 10.1 Å². The van der Waals surface area contributed by atoms with Crippen LogP contribution in [0.4, 0.5) is 4.39 Å². The fraction of sp³-hybridized carbons (Fsp3) is 0.462. The highest BCUT2D eigenvalue weighted by Crippen LogP contribution is 2.36. The first-order valence-corrected chi connectivity index (χ1v) is 12.2. The molecule has 1 aliphatic heterocycles. The van der Waals surface area contributed by atoms with Crippen LogP contribution in [0.15, 0.2) is 24.5 Å². The lowest BCUT2D eigenvalue weighted by Crippen LogP contribution is -2.39. The van der Waals surface area contributed by atoms with Gasteiger partial charge in [-0.25, -0.2) is 14.4 Å². The normalized spacial score (nSPS) is 19.8. The molecular weight excluding hydrogens is 449 g/mol. The molecule has 35 heavy (non-hydrogen) atoms. The minimum absolute atomic E-state index is 0.0766. The van der Waals surface area contributed by atoms with E-state index in [0.717, 1.165) is 12.8 Å². The fourth-order valence-corrected chi connectivity index (χ4v) is 4.85. The molecule has 8 nitrogen and oxygen atoms in total. The smallest absolute Gasteiger partial charge is 0.255 e. The topological polar surface area (TPSA) is 100 Å². The quantitative estimate of drug-likeness (QED) is 0.534. The van der Waals surface area contributed by atoms with Crippen molar-refractivity contribution in [1.82, 2.24) is 25.2 Å². The largest absolute Gasteiger partial charge is 0.493 e. The molecule has 1 saturated carbocycles. The molecule has 9 heteroatoms. The summed E-state index contributed by atoms with van der Waals surface area (Å²) in [5.74, 6) is 0.532. The van der Waals surface area contributed by atoms with Crippen molar-refractivity contribution in [1.29, 1.82) is 0 Å². The fourth-order valence-electron chi connectivity index (χ4n) is 4.85. The highest BCUT2D eigenvalue weighted by Gasteiger charge is 2.33. The Morgan fingerprint density at radius 2 is 2.09 bits per heavy atom. The standard InChI is InChI=1S/C26H30FN5O3/c1-4-21(33)32-11-18(9-14(32)2)31-26(34)22-15(3)30-25-23(28-13-29-24(22)25)19-10-17(27)7-8-20(19)35-12-16-5-6-16/h7-8,10,13-14,16,18,30H,4-6,9,11-12H2,1-3H3,(H,31,34)/t14-,18+/m0/s1. The molecule has 2 N–H and O–H groups in total. The molecule has 1 aliphatic carbocycles. The number of aromatic amines is 1. The Bertz CT molecular complexity index is 1290. The summed E-state index contributed by atoms with van der Waals surface area (Å²) in [4.78, 5) is 39.4. The second kappa shape index (κ2) is 9.28. The van der Waals surface area contributed by atoms with Crippen molar-refractivity contribution >= 4 is 22.8 Å². The van der Waals surface area contributed by atoms with Crippen molar-refractivity contribution in [3.8, 4) is 17.0 Å². The zero-order valence-electron chi connectivity index (χ0n) is 20.2. The van der Waals surface area contributed by atoms with Gasteiger partial charge in [-0.15, -0.1) is 0 Å². The van der Waals surface area contributed by atoms with Crippen LogP contribution in [-0.2, 0) is 4.79 Å². The maximum absolute atomic E-state index is 14.2. The summed E-state index contributed by atoms with van der Waals surface area (Å²) in [6.07, 6.45) is 4.82. The van der Waals surface area contributed by atoms with Crippen LogP contribution >= 0.6 is 0 Å². The van der Waals surface area contributed by atoms with Crippen LogP contribution in [0.3, 0.4) is 0 Å². The van der Waals surface area contributed by atoms with E-state index < -0.39 is 5.82 Å². The Labute approximate surface area is 203 Å². The Kier molecular flexibility index (Phi) is 6.17. The number of carbonyl (C=O) groups excluding carboxylic acids is 2. The molecule has 184 valence electrons. The summed E-state index contributed by atoms with van der Waals surface area (Å²) in [5.41, 5.74) is 3.09. The SMILES string of the molecule is CCC(=O)N1C[C@H](NC(=O)c2c(C)[nH]c3c(-c4cc(F)ccc4OCC4CC4)ncnc23)C[C@@H]1C. The number of benzene rings is 1. The number of nitrogens with zero attached hydrogens (tertiary/aromatic N) is 3. The average molecular weight is 480 g/mol. The number of ether oxygens (including phenoxy) is 1. The minimum Gasteiger partial charge on any atom is -0.493 e. The Balaban J connectivity index is 1.45. The molecule has 0 bridgehead atoms. The number of hydrogen-bond donors (Lipinski definition) is 2. The molecule has 2 atom stereocenters. The van der Waals surface area contributed by atoms with E-state index in [1.807, 2.05) is 18.7 Å². The van der Waals surface area contributed by atoms with Crippen molar-refractivity contribution in [3.63, 3.8) is 0 Å². The number of likely N-dealkylation sites (tertiary alicyclic amines) is 1. The lowest BCUT2D eigenvalue weighted by atomic mass is 10.1. The number of fused-ring (bicyclic) bond motifs is 1. The molecule has 2 aromatic heterocycles. The van der Waals surface area contributed by atoms with Gasteiger partial charge in [0, 0.05) is 36.3 Å². The minimum atomic E-state index is -0.395. The molecule has 1 aromatic carbocycles. The van der Waals surface area contributed by atoms with Crippen LogP contribution in [0.25, 0.3) is 22.3 Å². The van der Waals surface area contributed by atoms with Crippen molar-refractivity contribution in [2.24, 2.45) is 5.92 Å². The zero-order valence-corrected chi connectivity index (χ0v) is 20.2. The Morgan fingerprint density at radius 3 is 2.83 bits per heavy atom. The van der Waals surface area contributed by atoms with Gasteiger partial charge in [-0.3, -0.25) is 9.59 Å². The number of halogens is 1. The zero-order chi connectivity index (χ0) is 24.7.